The van der Waals surface area contributed by atoms with Crippen molar-refractivity contribution in [3.63, 3.8) is 0 Å². The molecule has 0 aliphatic carbocycles. The second-order valence-electron chi connectivity index (χ2n) is 7.23. The molecule has 0 aliphatic heterocycles. The molecule has 1 N–H and O–H groups in total. The van der Waals surface area contributed by atoms with Gasteiger partial charge in [0.1, 0.15) is 0 Å². The van der Waals surface area contributed by atoms with E-state index in [9.17, 15) is 4.79 Å². The number of nitrogens with one attached hydrogen (secondary N) is 1. The quantitative estimate of drug-likeness (QED) is 0.393. The third-order valence-corrected chi connectivity index (χ3v) is 5.86. The number of aryl methyl sites for hydroxylation is 2. The molecule has 0 fully saturated rings. The summed E-state index contributed by atoms with van der Waals surface area (Å²) in [4.78, 5) is 12.5. The Kier molecular flexibility index (Phi) is 6.48. The van der Waals surface area contributed by atoms with Gasteiger partial charge in [-0.15, -0.1) is 10.2 Å². The smallest absolute Gasteiger partial charge is 0.234 e. The summed E-state index contributed by atoms with van der Waals surface area (Å²) in [7, 11) is 0. The molecule has 0 spiro atoms. The molecule has 0 radical (unpaired) electrons. The van der Waals surface area contributed by atoms with Crippen LogP contribution in [0.15, 0.2) is 84.0 Å². The number of nitrogens with zero attached hydrogens (tertiary/aromatic N) is 3. The van der Waals surface area contributed by atoms with Crippen molar-refractivity contribution < 1.29 is 4.79 Å². The monoisotopic (exact) mass is 428 g/mol. The third-order valence-electron chi connectivity index (χ3n) is 4.94. The van der Waals surface area contributed by atoms with E-state index in [1.165, 1.54) is 22.9 Å². The second kappa shape index (κ2) is 9.62. The third kappa shape index (κ3) is 5.03. The lowest BCUT2D eigenvalue weighted by atomic mass is 10.1. The predicted molar refractivity (Wildman–Crippen MR) is 127 cm³/mol. The number of carbonyl (C=O) groups excluding carboxylic acids is 1. The molecule has 0 unspecified atom stereocenters. The van der Waals surface area contributed by atoms with E-state index < -0.39 is 0 Å². The number of benzene rings is 3. The van der Waals surface area contributed by atoms with Gasteiger partial charge in [0, 0.05) is 16.9 Å². The van der Waals surface area contributed by atoms with Crippen molar-refractivity contribution in [1.29, 1.82) is 0 Å². The van der Waals surface area contributed by atoms with Gasteiger partial charge in [-0.1, -0.05) is 78.8 Å². The minimum Gasteiger partial charge on any atom is -0.325 e. The van der Waals surface area contributed by atoms with E-state index in [0.717, 1.165) is 29.2 Å². The maximum absolute atomic E-state index is 12.5. The maximum atomic E-state index is 12.5. The maximum Gasteiger partial charge on any atom is 0.234 e. The first-order valence-corrected chi connectivity index (χ1v) is 11.2. The van der Waals surface area contributed by atoms with Gasteiger partial charge in [0.2, 0.25) is 5.91 Å². The van der Waals surface area contributed by atoms with Crippen molar-refractivity contribution in [3.8, 4) is 17.1 Å². The standard InChI is InChI=1S/C25H24N4OS/c1-3-19-11-13-21(14-12-19)26-23(30)17-31-25-28-27-24(20-7-5-4-6-8-20)29(25)22-15-9-18(2)10-16-22/h4-16H,3,17H2,1-2H3,(H,26,30). The molecule has 6 heteroatoms. The topological polar surface area (TPSA) is 59.8 Å². The van der Waals surface area contributed by atoms with E-state index in [2.05, 4.69) is 41.5 Å². The molecular formula is C25H24N4OS. The van der Waals surface area contributed by atoms with Crippen LogP contribution in [0.5, 0.6) is 0 Å². The first-order valence-electron chi connectivity index (χ1n) is 10.2. The summed E-state index contributed by atoms with van der Waals surface area (Å²) in [5.41, 5.74) is 5.16. The van der Waals surface area contributed by atoms with Crippen molar-refractivity contribution in [2.45, 2.75) is 25.4 Å². The fraction of sp³-hybridized carbons (Fsp3) is 0.160. The Labute approximate surface area is 186 Å². The fourth-order valence-corrected chi connectivity index (χ4v) is 3.97. The summed E-state index contributed by atoms with van der Waals surface area (Å²) < 4.78 is 2.00. The highest BCUT2D eigenvalue weighted by Gasteiger charge is 2.17. The number of thioether (sulfide) groups is 1. The first kappa shape index (κ1) is 20.9. The molecule has 3 aromatic carbocycles. The SMILES string of the molecule is CCc1ccc(NC(=O)CSc2nnc(-c3ccccc3)n2-c2ccc(C)cc2)cc1. The number of anilines is 1. The minimum atomic E-state index is -0.0750. The number of carbonyl (C=O) groups is 1. The average molecular weight is 429 g/mol. The van der Waals surface area contributed by atoms with Crippen LogP contribution in [0.4, 0.5) is 5.69 Å². The molecular weight excluding hydrogens is 404 g/mol. The number of aromatic nitrogens is 3. The lowest BCUT2D eigenvalue weighted by Gasteiger charge is -2.11. The van der Waals surface area contributed by atoms with E-state index in [1.54, 1.807) is 0 Å². The largest absolute Gasteiger partial charge is 0.325 e. The molecule has 4 aromatic rings. The van der Waals surface area contributed by atoms with E-state index in [-0.39, 0.29) is 11.7 Å². The van der Waals surface area contributed by atoms with E-state index >= 15 is 0 Å². The lowest BCUT2D eigenvalue weighted by Crippen LogP contribution is -2.14. The number of hydrogen-bond acceptors (Lipinski definition) is 4. The van der Waals surface area contributed by atoms with Crippen molar-refractivity contribution in [3.05, 3.63) is 90.0 Å². The van der Waals surface area contributed by atoms with Gasteiger partial charge in [-0.05, 0) is 43.2 Å². The van der Waals surface area contributed by atoms with Crippen molar-refractivity contribution >= 4 is 23.4 Å². The molecule has 1 amide bonds. The summed E-state index contributed by atoms with van der Waals surface area (Å²) in [6, 6.07) is 26.1. The summed E-state index contributed by atoms with van der Waals surface area (Å²) in [6.45, 7) is 4.17. The zero-order chi connectivity index (χ0) is 21.6. The molecule has 31 heavy (non-hydrogen) atoms. The Bertz CT molecular complexity index is 1150. The minimum absolute atomic E-state index is 0.0750. The molecule has 4 rings (SSSR count). The number of hydrogen-bond donors (Lipinski definition) is 1. The van der Waals surface area contributed by atoms with Gasteiger partial charge in [0.25, 0.3) is 0 Å². The van der Waals surface area contributed by atoms with Crippen molar-refractivity contribution in [1.82, 2.24) is 14.8 Å². The van der Waals surface area contributed by atoms with Crippen LogP contribution in [0.3, 0.4) is 0 Å². The van der Waals surface area contributed by atoms with E-state index in [4.69, 9.17) is 0 Å². The van der Waals surface area contributed by atoms with E-state index in [1.807, 2.05) is 71.3 Å². The Hall–Kier alpha value is -3.38. The molecule has 0 saturated heterocycles. The zero-order valence-corrected chi connectivity index (χ0v) is 18.4. The molecule has 0 atom stereocenters. The van der Waals surface area contributed by atoms with Gasteiger partial charge in [0.05, 0.1) is 5.75 Å². The highest BCUT2D eigenvalue weighted by molar-refractivity contribution is 7.99. The summed E-state index contributed by atoms with van der Waals surface area (Å²) in [5.74, 6) is 0.922. The van der Waals surface area contributed by atoms with Crippen molar-refractivity contribution in [2.75, 3.05) is 11.1 Å². The van der Waals surface area contributed by atoms with Crippen molar-refractivity contribution in [2.24, 2.45) is 0 Å². The van der Waals surface area contributed by atoms with Gasteiger partial charge in [-0.25, -0.2) is 0 Å². The van der Waals surface area contributed by atoms with Gasteiger partial charge in [-0.3, -0.25) is 9.36 Å². The van der Waals surface area contributed by atoms with Crippen LogP contribution in [-0.2, 0) is 11.2 Å². The Morgan fingerprint density at radius 2 is 1.65 bits per heavy atom. The average Bonchev–Trinajstić information content (AvgIpc) is 3.23. The highest BCUT2D eigenvalue weighted by Crippen LogP contribution is 2.28. The van der Waals surface area contributed by atoms with Crippen LogP contribution in [0.2, 0.25) is 0 Å². The van der Waals surface area contributed by atoms with Gasteiger partial charge < -0.3 is 5.32 Å². The molecule has 0 saturated carbocycles. The second-order valence-corrected chi connectivity index (χ2v) is 8.17. The molecule has 156 valence electrons. The Morgan fingerprint density at radius 3 is 2.32 bits per heavy atom. The summed E-state index contributed by atoms with van der Waals surface area (Å²) >= 11 is 1.37. The normalized spacial score (nSPS) is 10.8. The van der Waals surface area contributed by atoms with Gasteiger partial charge >= 0.3 is 0 Å². The first-order chi connectivity index (χ1) is 15.1. The lowest BCUT2D eigenvalue weighted by molar-refractivity contribution is -0.113. The van der Waals surface area contributed by atoms with Crippen LogP contribution in [0.1, 0.15) is 18.1 Å². The molecule has 0 aliphatic rings. The molecule has 1 heterocycles. The highest BCUT2D eigenvalue weighted by atomic mass is 32.2. The number of rotatable bonds is 7. The number of amides is 1. The Balaban J connectivity index is 1.55. The van der Waals surface area contributed by atoms with Crippen LogP contribution in [-0.4, -0.2) is 26.4 Å². The summed E-state index contributed by atoms with van der Waals surface area (Å²) in [5, 5.41) is 12.4. The van der Waals surface area contributed by atoms with E-state index in [0.29, 0.717) is 5.16 Å². The fourth-order valence-electron chi connectivity index (χ4n) is 3.22. The zero-order valence-electron chi connectivity index (χ0n) is 17.6. The molecule has 1 aromatic heterocycles. The predicted octanol–water partition coefficient (Wildman–Crippen LogP) is 5.54. The van der Waals surface area contributed by atoms with Crippen LogP contribution in [0.25, 0.3) is 17.1 Å². The van der Waals surface area contributed by atoms with Crippen LogP contribution in [0, 0.1) is 6.92 Å². The summed E-state index contributed by atoms with van der Waals surface area (Å²) in [6.07, 6.45) is 0.975. The molecule has 5 nitrogen and oxygen atoms in total. The molecule has 0 bridgehead atoms. The Morgan fingerprint density at radius 1 is 0.935 bits per heavy atom. The van der Waals surface area contributed by atoms with Crippen LogP contribution < -0.4 is 5.32 Å². The van der Waals surface area contributed by atoms with Gasteiger partial charge in [0.15, 0.2) is 11.0 Å². The van der Waals surface area contributed by atoms with Crippen LogP contribution >= 0.6 is 11.8 Å². The van der Waals surface area contributed by atoms with Gasteiger partial charge in [-0.2, -0.15) is 0 Å².